The van der Waals surface area contributed by atoms with Gasteiger partial charge in [0.15, 0.2) is 14.2 Å². The van der Waals surface area contributed by atoms with Crippen molar-refractivity contribution in [1.82, 2.24) is 10.2 Å². The van der Waals surface area contributed by atoms with E-state index in [-0.39, 0.29) is 16.6 Å². The molecule has 7 nitrogen and oxygen atoms in total. The molecule has 0 saturated heterocycles. The second-order valence-electron chi connectivity index (χ2n) is 4.68. The summed E-state index contributed by atoms with van der Waals surface area (Å²) in [5, 5.41) is 14.3. The Morgan fingerprint density at radius 2 is 2.04 bits per heavy atom. The van der Waals surface area contributed by atoms with E-state index in [1.807, 2.05) is 0 Å². The summed E-state index contributed by atoms with van der Waals surface area (Å²) in [7, 11) is -3.24. The standard InChI is InChI=1S/C14H16N4O3S3/c1-3-8-15-13-17-18-14(23-13)22-9-12(19)16-10-4-6-11(7-5-10)24(2,20)21/h3-7H,1,8-9H2,2H3,(H,15,17)(H,16,19). The molecule has 2 aromatic rings. The summed E-state index contributed by atoms with van der Waals surface area (Å²) >= 11 is 2.64. The van der Waals surface area contributed by atoms with E-state index in [1.165, 1.54) is 35.2 Å². The number of hydrogen-bond donors (Lipinski definition) is 2. The van der Waals surface area contributed by atoms with Crippen LogP contribution in [0.2, 0.25) is 0 Å². The van der Waals surface area contributed by atoms with Crippen molar-refractivity contribution in [2.75, 3.05) is 29.2 Å². The van der Waals surface area contributed by atoms with Crippen LogP contribution in [-0.4, -0.2) is 43.1 Å². The number of amides is 1. The molecule has 0 radical (unpaired) electrons. The van der Waals surface area contributed by atoms with E-state index in [1.54, 1.807) is 18.2 Å². The second kappa shape index (κ2) is 8.27. The molecule has 1 aromatic carbocycles. The highest BCUT2D eigenvalue weighted by atomic mass is 32.2. The summed E-state index contributed by atoms with van der Waals surface area (Å²) in [5.74, 6) is -0.0212. The predicted octanol–water partition coefficient (Wildman–Crippen LogP) is 2.27. The summed E-state index contributed by atoms with van der Waals surface area (Å²) in [4.78, 5) is 12.1. The molecule has 24 heavy (non-hydrogen) atoms. The lowest BCUT2D eigenvalue weighted by Gasteiger charge is -2.05. The molecule has 0 aliphatic rings. The number of thioether (sulfide) groups is 1. The Balaban J connectivity index is 1.85. The Hall–Kier alpha value is -1.91. The number of benzene rings is 1. The van der Waals surface area contributed by atoms with Crippen LogP contribution < -0.4 is 10.6 Å². The molecule has 128 valence electrons. The summed E-state index contributed by atoms with van der Waals surface area (Å²) in [5.41, 5.74) is 0.540. The molecule has 0 aliphatic carbocycles. The highest BCUT2D eigenvalue weighted by Crippen LogP contribution is 2.25. The second-order valence-corrected chi connectivity index (χ2v) is 8.89. The minimum absolute atomic E-state index is 0.184. The van der Waals surface area contributed by atoms with Gasteiger partial charge in [-0.3, -0.25) is 4.79 Å². The van der Waals surface area contributed by atoms with Gasteiger partial charge in [-0.1, -0.05) is 29.2 Å². The van der Waals surface area contributed by atoms with Crippen molar-refractivity contribution in [3.63, 3.8) is 0 Å². The van der Waals surface area contributed by atoms with E-state index in [0.717, 1.165) is 6.26 Å². The van der Waals surface area contributed by atoms with E-state index in [0.29, 0.717) is 21.7 Å². The van der Waals surface area contributed by atoms with Crippen LogP contribution >= 0.6 is 23.1 Å². The topological polar surface area (TPSA) is 101 Å². The van der Waals surface area contributed by atoms with E-state index >= 15 is 0 Å². The lowest BCUT2D eigenvalue weighted by atomic mass is 10.3. The fourth-order valence-electron chi connectivity index (χ4n) is 1.61. The number of nitrogens with one attached hydrogen (secondary N) is 2. The van der Waals surface area contributed by atoms with Crippen molar-refractivity contribution in [3.05, 3.63) is 36.9 Å². The number of rotatable bonds is 8. The summed E-state index contributed by atoms with van der Waals surface area (Å²) in [6.07, 6.45) is 2.86. The summed E-state index contributed by atoms with van der Waals surface area (Å²) in [6.45, 7) is 4.20. The van der Waals surface area contributed by atoms with Crippen LogP contribution in [0.25, 0.3) is 0 Å². The molecule has 1 amide bonds. The number of aromatic nitrogens is 2. The van der Waals surface area contributed by atoms with E-state index in [9.17, 15) is 13.2 Å². The molecule has 0 aliphatic heterocycles. The van der Waals surface area contributed by atoms with Crippen LogP contribution in [0.1, 0.15) is 0 Å². The summed E-state index contributed by atoms with van der Waals surface area (Å²) < 4.78 is 23.4. The maximum absolute atomic E-state index is 11.9. The Morgan fingerprint density at radius 1 is 1.33 bits per heavy atom. The molecular weight excluding hydrogens is 368 g/mol. The first kappa shape index (κ1) is 18.4. The van der Waals surface area contributed by atoms with Crippen molar-refractivity contribution in [2.45, 2.75) is 9.24 Å². The van der Waals surface area contributed by atoms with Crippen molar-refractivity contribution in [3.8, 4) is 0 Å². The van der Waals surface area contributed by atoms with Gasteiger partial charge in [0, 0.05) is 18.5 Å². The fraction of sp³-hybridized carbons (Fsp3) is 0.214. The highest BCUT2D eigenvalue weighted by molar-refractivity contribution is 8.01. The van der Waals surface area contributed by atoms with Gasteiger partial charge >= 0.3 is 0 Å². The van der Waals surface area contributed by atoms with E-state index < -0.39 is 9.84 Å². The number of carbonyl (C=O) groups excluding carboxylic acids is 1. The lowest BCUT2D eigenvalue weighted by molar-refractivity contribution is -0.113. The zero-order valence-corrected chi connectivity index (χ0v) is 15.3. The molecule has 0 fully saturated rings. The molecule has 1 heterocycles. The molecule has 0 bridgehead atoms. The molecule has 10 heteroatoms. The van der Waals surface area contributed by atoms with Gasteiger partial charge in [0.05, 0.1) is 10.6 Å². The maximum atomic E-state index is 11.9. The molecule has 0 atom stereocenters. The van der Waals surface area contributed by atoms with Gasteiger partial charge in [-0.2, -0.15) is 0 Å². The number of hydrogen-bond acceptors (Lipinski definition) is 8. The SMILES string of the molecule is C=CCNc1nnc(SCC(=O)Nc2ccc(S(C)(=O)=O)cc2)s1. The van der Waals surface area contributed by atoms with Gasteiger partial charge in [0.2, 0.25) is 11.0 Å². The first-order chi connectivity index (χ1) is 11.4. The Labute approximate surface area is 148 Å². The van der Waals surface area contributed by atoms with Crippen LogP contribution in [-0.2, 0) is 14.6 Å². The third-order valence-corrected chi connectivity index (χ3v) is 5.84. The zero-order valence-electron chi connectivity index (χ0n) is 12.9. The monoisotopic (exact) mass is 384 g/mol. The van der Waals surface area contributed by atoms with E-state index in [2.05, 4.69) is 27.4 Å². The van der Waals surface area contributed by atoms with Crippen LogP contribution in [0.3, 0.4) is 0 Å². The van der Waals surface area contributed by atoms with Crippen molar-refractivity contribution in [1.29, 1.82) is 0 Å². The van der Waals surface area contributed by atoms with Gasteiger partial charge in [0.25, 0.3) is 0 Å². The van der Waals surface area contributed by atoms with Gasteiger partial charge in [0.1, 0.15) is 0 Å². The fourth-order valence-corrected chi connectivity index (χ4v) is 3.80. The molecule has 2 N–H and O–H groups in total. The molecule has 0 saturated carbocycles. The average molecular weight is 385 g/mol. The lowest BCUT2D eigenvalue weighted by Crippen LogP contribution is -2.14. The predicted molar refractivity (Wildman–Crippen MR) is 97.5 cm³/mol. The van der Waals surface area contributed by atoms with Crippen molar-refractivity contribution >= 4 is 49.7 Å². The smallest absolute Gasteiger partial charge is 0.234 e. The molecule has 0 spiro atoms. The maximum Gasteiger partial charge on any atom is 0.234 e. The first-order valence-electron chi connectivity index (χ1n) is 6.79. The Kier molecular flexibility index (Phi) is 6.35. The molecule has 2 rings (SSSR count). The Bertz CT molecular complexity index is 816. The summed E-state index contributed by atoms with van der Waals surface area (Å²) in [6, 6.07) is 6.03. The highest BCUT2D eigenvalue weighted by Gasteiger charge is 2.10. The normalized spacial score (nSPS) is 11.0. The van der Waals surface area contributed by atoms with Gasteiger partial charge in [-0.05, 0) is 24.3 Å². The minimum atomic E-state index is -3.24. The molecule has 0 unspecified atom stereocenters. The third kappa shape index (κ3) is 5.62. The van der Waals surface area contributed by atoms with Crippen LogP contribution in [0, 0.1) is 0 Å². The number of nitrogens with zero attached hydrogens (tertiary/aromatic N) is 2. The first-order valence-corrected chi connectivity index (χ1v) is 10.5. The van der Waals surface area contributed by atoms with Crippen LogP contribution in [0.15, 0.2) is 46.2 Å². The van der Waals surface area contributed by atoms with Gasteiger partial charge in [-0.25, -0.2) is 8.42 Å². The Morgan fingerprint density at radius 3 is 2.67 bits per heavy atom. The minimum Gasteiger partial charge on any atom is -0.357 e. The van der Waals surface area contributed by atoms with Crippen LogP contribution in [0.5, 0.6) is 0 Å². The molecular formula is C14H16N4O3S3. The van der Waals surface area contributed by atoms with Crippen molar-refractivity contribution in [2.24, 2.45) is 0 Å². The average Bonchev–Trinajstić information content (AvgIpc) is 2.98. The zero-order chi connectivity index (χ0) is 17.6. The largest absolute Gasteiger partial charge is 0.357 e. The van der Waals surface area contributed by atoms with Crippen LogP contribution in [0.4, 0.5) is 10.8 Å². The molecule has 1 aromatic heterocycles. The number of anilines is 2. The van der Waals surface area contributed by atoms with E-state index in [4.69, 9.17) is 0 Å². The number of sulfone groups is 1. The van der Waals surface area contributed by atoms with Gasteiger partial charge in [-0.15, -0.1) is 16.8 Å². The van der Waals surface area contributed by atoms with Crippen molar-refractivity contribution < 1.29 is 13.2 Å². The number of carbonyl (C=O) groups is 1. The van der Waals surface area contributed by atoms with Gasteiger partial charge < -0.3 is 10.6 Å². The third-order valence-electron chi connectivity index (χ3n) is 2.70. The quantitative estimate of drug-likeness (QED) is 0.532.